The van der Waals surface area contributed by atoms with E-state index in [9.17, 15) is 9.59 Å². The maximum atomic E-state index is 11.5. The van der Waals surface area contributed by atoms with Crippen molar-refractivity contribution in [1.82, 2.24) is 9.13 Å². The van der Waals surface area contributed by atoms with Gasteiger partial charge >= 0.3 is 0 Å². The maximum absolute atomic E-state index is 11.5. The molecule has 6 heteroatoms. The fourth-order valence-corrected chi connectivity index (χ4v) is 6.61. The highest BCUT2D eigenvalue weighted by Crippen LogP contribution is 2.34. The number of nitrogens with zero attached hydrogens (tertiary/aromatic N) is 2. The van der Waals surface area contributed by atoms with E-state index in [0.717, 1.165) is 107 Å². The van der Waals surface area contributed by atoms with Crippen LogP contribution in [-0.2, 0) is 39.1 Å². The number of hydrogen-bond acceptors (Lipinski definition) is 4. The minimum Gasteiger partial charge on any atom is -0.489 e. The van der Waals surface area contributed by atoms with Crippen LogP contribution in [0.1, 0.15) is 56.1 Å². The number of aryl methyl sites for hydroxylation is 2. The molecule has 0 aliphatic carbocycles. The summed E-state index contributed by atoms with van der Waals surface area (Å²) >= 11 is 0. The Morgan fingerprint density at radius 2 is 1.00 bits per heavy atom. The van der Waals surface area contributed by atoms with E-state index in [-0.39, 0.29) is 0 Å². The van der Waals surface area contributed by atoms with E-state index >= 15 is 0 Å². The van der Waals surface area contributed by atoms with E-state index in [1.54, 1.807) is 0 Å². The zero-order valence-corrected chi connectivity index (χ0v) is 24.6. The Morgan fingerprint density at radius 3 is 1.41 bits per heavy atom. The van der Waals surface area contributed by atoms with E-state index in [1.807, 2.05) is 84.9 Å². The van der Waals surface area contributed by atoms with Crippen molar-refractivity contribution >= 4 is 34.4 Å². The second-order valence-corrected chi connectivity index (χ2v) is 11.4. The van der Waals surface area contributed by atoms with Gasteiger partial charge in [0.25, 0.3) is 0 Å². The third-order valence-corrected chi connectivity index (χ3v) is 8.69. The van der Waals surface area contributed by atoms with Gasteiger partial charge in [-0.1, -0.05) is 60.7 Å². The first-order chi connectivity index (χ1) is 21.7. The Bertz CT molecular complexity index is 1810. The summed E-state index contributed by atoms with van der Waals surface area (Å²) in [6.07, 6.45) is 6.20. The first-order valence-corrected chi connectivity index (χ1v) is 15.3. The van der Waals surface area contributed by atoms with Gasteiger partial charge in [-0.2, -0.15) is 0 Å². The van der Waals surface area contributed by atoms with Crippen LogP contribution in [0.2, 0.25) is 0 Å². The van der Waals surface area contributed by atoms with Crippen molar-refractivity contribution in [2.24, 2.45) is 0 Å². The molecule has 0 bridgehead atoms. The molecule has 0 unspecified atom stereocenters. The summed E-state index contributed by atoms with van der Waals surface area (Å²) in [5.41, 5.74) is 8.56. The Kier molecular flexibility index (Phi) is 7.72. The van der Waals surface area contributed by atoms with Crippen LogP contribution in [0.5, 0.6) is 11.5 Å². The molecular formula is C38H34N2O4. The number of rotatable bonds is 8. The van der Waals surface area contributed by atoms with Gasteiger partial charge in [0.15, 0.2) is 12.6 Å². The molecule has 0 spiro atoms. The summed E-state index contributed by atoms with van der Waals surface area (Å²) in [4.78, 5) is 23.0. The minimum atomic E-state index is 0.538. The third kappa shape index (κ3) is 5.28. The number of carbonyl (C=O) groups excluding carboxylic acids is 2. The van der Waals surface area contributed by atoms with E-state index in [2.05, 4.69) is 21.3 Å². The molecule has 0 saturated heterocycles. The molecule has 220 valence electrons. The molecule has 2 aliphatic rings. The molecule has 4 aromatic carbocycles. The van der Waals surface area contributed by atoms with Crippen LogP contribution in [0.25, 0.3) is 21.8 Å². The Hall–Kier alpha value is -5.10. The molecule has 44 heavy (non-hydrogen) atoms. The molecule has 0 N–H and O–H groups in total. The monoisotopic (exact) mass is 582 g/mol. The number of carbonyl (C=O) groups is 2. The smallest absolute Gasteiger partial charge is 0.152 e. The van der Waals surface area contributed by atoms with Crippen LogP contribution >= 0.6 is 0 Å². The number of aldehydes is 2. The number of fused-ring (bicyclic) bond motifs is 6. The van der Waals surface area contributed by atoms with Crippen LogP contribution in [0.15, 0.2) is 97.1 Å². The van der Waals surface area contributed by atoms with Crippen molar-refractivity contribution in [3.8, 4) is 11.5 Å². The summed E-state index contributed by atoms with van der Waals surface area (Å²) in [5.74, 6) is 1.62. The average molecular weight is 583 g/mol. The Morgan fingerprint density at radius 1 is 0.568 bits per heavy atom. The van der Waals surface area contributed by atoms with Crippen molar-refractivity contribution in [1.29, 1.82) is 0 Å². The van der Waals surface area contributed by atoms with Gasteiger partial charge < -0.3 is 18.6 Å². The number of aromatic nitrogens is 2. The quantitative estimate of drug-likeness (QED) is 0.171. The highest BCUT2D eigenvalue weighted by Gasteiger charge is 2.22. The van der Waals surface area contributed by atoms with E-state index in [4.69, 9.17) is 9.47 Å². The van der Waals surface area contributed by atoms with E-state index < -0.39 is 0 Å². The van der Waals surface area contributed by atoms with Crippen molar-refractivity contribution in [2.75, 3.05) is 0 Å². The normalized spacial score (nSPS) is 13.3. The average Bonchev–Trinajstić information content (AvgIpc) is 3.85. The van der Waals surface area contributed by atoms with Gasteiger partial charge in [-0.3, -0.25) is 9.59 Å². The maximum Gasteiger partial charge on any atom is 0.152 e. The zero-order chi connectivity index (χ0) is 29.9. The van der Waals surface area contributed by atoms with Gasteiger partial charge in [-0.15, -0.1) is 0 Å². The summed E-state index contributed by atoms with van der Waals surface area (Å²) in [6, 6.07) is 32.3. The summed E-state index contributed by atoms with van der Waals surface area (Å²) in [7, 11) is 0. The molecule has 6 aromatic rings. The lowest BCUT2D eigenvalue weighted by Gasteiger charge is -2.07. The lowest BCUT2D eigenvalue weighted by atomic mass is 10.1. The van der Waals surface area contributed by atoms with Crippen molar-refractivity contribution in [3.63, 3.8) is 0 Å². The number of benzene rings is 4. The third-order valence-electron chi connectivity index (χ3n) is 8.69. The summed E-state index contributed by atoms with van der Waals surface area (Å²) in [6.45, 7) is 3.08. The molecule has 0 fully saturated rings. The SMILES string of the molecule is O=Cc1c2n(c3ccc(OCc4ccccc4)cc13)CCC2.O=Cc1c2n(c3ccc(OCc4ccccc4)cc13)CCC2. The fourth-order valence-electron chi connectivity index (χ4n) is 6.61. The van der Waals surface area contributed by atoms with Gasteiger partial charge in [0.2, 0.25) is 0 Å². The lowest BCUT2D eigenvalue weighted by Crippen LogP contribution is -1.95. The van der Waals surface area contributed by atoms with Gasteiger partial charge in [-0.25, -0.2) is 0 Å². The van der Waals surface area contributed by atoms with Crippen molar-refractivity contribution < 1.29 is 19.1 Å². The Labute approximate surface area is 256 Å². The minimum absolute atomic E-state index is 0.538. The standard InChI is InChI=1S/2C19H17NO2/c2*21-12-17-16-11-15(22-13-14-5-2-1-3-6-14)8-9-19(16)20-10-4-7-18(17)20/h2*1-3,5-6,8-9,11-12H,4,7,10,13H2. The topological polar surface area (TPSA) is 62.5 Å². The van der Waals surface area contributed by atoms with Crippen LogP contribution in [-0.4, -0.2) is 21.7 Å². The summed E-state index contributed by atoms with van der Waals surface area (Å²) < 4.78 is 16.3. The van der Waals surface area contributed by atoms with Crippen LogP contribution in [0, 0.1) is 0 Å². The zero-order valence-electron chi connectivity index (χ0n) is 24.6. The van der Waals surface area contributed by atoms with E-state index in [1.165, 1.54) is 11.4 Å². The summed E-state index contributed by atoms with van der Waals surface area (Å²) in [5, 5.41) is 2.02. The number of ether oxygens (including phenoxy) is 2. The lowest BCUT2D eigenvalue weighted by molar-refractivity contribution is 0.111. The predicted octanol–water partition coefficient (Wildman–Crippen LogP) is 7.96. The molecular weight excluding hydrogens is 548 g/mol. The second kappa shape index (κ2) is 12.3. The van der Waals surface area contributed by atoms with Crippen LogP contribution < -0.4 is 9.47 Å². The van der Waals surface area contributed by atoms with Gasteiger partial charge in [-0.05, 0) is 73.2 Å². The number of hydrogen-bond donors (Lipinski definition) is 0. The predicted molar refractivity (Wildman–Crippen MR) is 173 cm³/mol. The van der Waals surface area contributed by atoms with Crippen LogP contribution in [0.4, 0.5) is 0 Å². The first kappa shape index (κ1) is 27.7. The molecule has 0 amide bonds. The molecule has 2 aliphatic heterocycles. The first-order valence-electron chi connectivity index (χ1n) is 15.3. The molecule has 2 aromatic heterocycles. The van der Waals surface area contributed by atoms with Crippen molar-refractivity contribution in [3.05, 3.63) is 131 Å². The second-order valence-electron chi connectivity index (χ2n) is 11.4. The molecule has 0 atom stereocenters. The highest BCUT2D eigenvalue weighted by molar-refractivity contribution is 6.01. The largest absolute Gasteiger partial charge is 0.489 e. The van der Waals surface area contributed by atoms with Crippen molar-refractivity contribution in [2.45, 2.75) is 52.0 Å². The fraction of sp³-hybridized carbons (Fsp3) is 0.211. The molecule has 4 heterocycles. The van der Waals surface area contributed by atoms with Gasteiger partial charge in [0.1, 0.15) is 24.7 Å². The van der Waals surface area contributed by atoms with Gasteiger partial charge in [0, 0.05) is 57.4 Å². The van der Waals surface area contributed by atoms with Crippen LogP contribution in [0.3, 0.4) is 0 Å². The van der Waals surface area contributed by atoms with E-state index in [0.29, 0.717) is 13.2 Å². The van der Waals surface area contributed by atoms with Gasteiger partial charge in [0.05, 0.1) is 0 Å². The molecule has 8 rings (SSSR count). The molecule has 0 radical (unpaired) electrons. The molecule has 6 nitrogen and oxygen atoms in total. The molecule has 0 saturated carbocycles. The highest BCUT2D eigenvalue weighted by atomic mass is 16.5. The Balaban J connectivity index is 0.000000142.